The van der Waals surface area contributed by atoms with E-state index in [2.05, 4.69) is 0 Å². The molecule has 0 aliphatic rings. The average molecular weight is 264 g/mol. The topological polar surface area (TPSA) is 53.3 Å². The maximum Gasteiger partial charge on any atom is 0.225 e. The van der Waals surface area contributed by atoms with Gasteiger partial charge in [-0.25, -0.2) is 4.39 Å². The lowest BCUT2D eigenvalue weighted by Crippen LogP contribution is -2.28. The largest absolute Gasteiger partial charge is 0.493 e. The zero-order chi connectivity index (χ0) is 14.3. The van der Waals surface area contributed by atoms with Gasteiger partial charge in [0, 0.05) is 13.6 Å². The lowest BCUT2D eigenvalue weighted by Gasteiger charge is -2.15. The second kappa shape index (κ2) is 7.37. The molecule has 0 radical (unpaired) electrons. The van der Waals surface area contributed by atoms with Crippen molar-refractivity contribution in [1.82, 2.24) is 4.90 Å². The van der Waals surface area contributed by atoms with Gasteiger partial charge in [0.05, 0.1) is 25.5 Å². The highest BCUT2D eigenvalue weighted by atomic mass is 19.1. The summed E-state index contributed by atoms with van der Waals surface area (Å²) in [6, 6.07) is 6.46. The van der Waals surface area contributed by atoms with E-state index in [1.54, 1.807) is 20.0 Å². The van der Waals surface area contributed by atoms with Crippen LogP contribution in [-0.2, 0) is 4.79 Å². The van der Waals surface area contributed by atoms with Crippen molar-refractivity contribution in [3.63, 3.8) is 0 Å². The molecule has 4 nitrogen and oxygen atoms in total. The molecule has 102 valence electrons. The number of carbonyl (C=O) groups excluding carboxylic acids is 1. The number of hydrogen-bond acceptors (Lipinski definition) is 3. The van der Waals surface area contributed by atoms with Gasteiger partial charge >= 0.3 is 0 Å². The first-order chi connectivity index (χ1) is 9.04. The highest BCUT2D eigenvalue weighted by Crippen LogP contribution is 2.16. The van der Waals surface area contributed by atoms with E-state index >= 15 is 0 Å². The molecule has 1 aromatic carbocycles. The summed E-state index contributed by atoms with van der Waals surface area (Å²) in [5.41, 5.74) is 0.509. The summed E-state index contributed by atoms with van der Waals surface area (Å²) in [6.07, 6.45) is 0.554. The number of benzene rings is 1. The summed E-state index contributed by atoms with van der Waals surface area (Å²) < 4.78 is 18.4. The standard InChI is InChI=1S/C14H17FN2O2/c1-11-10-12(4-5-13(11)15)19-9-6-14(18)17(2)8-3-7-16/h4-5,10H,3,6,8-9H2,1-2H3. The van der Waals surface area contributed by atoms with Crippen LogP contribution in [0.25, 0.3) is 0 Å². The second-order valence-corrected chi connectivity index (χ2v) is 4.23. The van der Waals surface area contributed by atoms with Crippen LogP contribution in [0.1, 0.15) is 18.4 Å². The number of ether oxygens (including phenoxy) is 1. The summed E-state index contributed by atoms with van der Waals surface area (Å²) in [7, 11) is 1.65. The minimum atomic E-state index is -0.278. The normalized spacial score (nSPS) is 9.79. The number of nitrogens with zero attached hydrogens (tertiary/aromatic N) is 2. The number of nitriles is 1. The Bertz CT molecular complexity index is 483. The molecule has 0 atom stereocenters. The smallest absolute Gasteiger partial charge is 0.225 e. The van der Waals surface area contributed by atoms with Crippen molar-refractivity contribution >= 4 is 5.91 Å². The van der Waals surface area contributed by atoms with E-state index in [4.69, 9.17) is 10.00 Å². The molecule has 0 aromatic heterocycles. The van der Waals surface area contributed by atoms with E-state index in [0.717, 1.165) is 0 Å². The van der Waals surface area contributed by atoms with Crippen LogP contribution in [0.5, 0.6) is 5.75 Å². The van der Waals surface area contributed by atoms with Crippen molar-refractivity contribution < 1.29 is 13.9 Å². The quantitative estimate of drug-likeness (QED) is 0.792. The summed E-state index contributed by atoms with van der Waals surface area (Å²) in [6.45, 7) is 2.31. The third kappa shape index (κ3) is 4.96. The molecule has 0 heterocycles. The van der Waals surface area contributed by atoms with Gasteiger partial charge in [0.1, 0.15) is 11.6 Å². The van der Waals surface area contributed by atoms with Gasteiger partial charge in [-0.1, -0.05) is 0 Å². The van der Waals surface area contributed by atoms with Crippen LogP contribution >= 0.6 is 0 Å². The molecule has 0 aliphatic carbocycles. The molecule has 1 rings (SSSR count). The lowest BCUT2D eigenvalue weighted by atomic mass is 10.2. The number of rotatable bonds is 6. The zero-order valence-electron chi connectivity index (χ0n) is 11.1. The van der Waals surface area contributed by atoms with Gasteiger partial charge in [-0.05, 0) is 30.7 Å². The maximum atomic E-state index is 13.0. The molecular weight excluding hydrogens is 247 g/mol. The molecule has 0 spiro atoms. The van der Waals surface area contributed by atoms with Crippen molar-refractivity contribution in [3.05, 3.63) is 29.6 Å². The predicted octanol–water partition coefficient (Wildman–Crippen LogP) is 2.28. The molecule has 19 heavy (non-hydrogen) atoms. The summed E-state index contributed by atoms with van der Waals surface area (Å²) >= 11 is 0. The zero-order valence-corrected chi connectivity index (χ0v) is 11.1. The van der Waals surface area contributed by atoms with Crippen molar-refractivity contribution in [3.8, 4) is 11.8 Å². The maximum absolute atomic E-state index is 13.0. The highest BCUT2D eigenvalue weighted by Gasteiger charge is 2.08. The van der Waals surface area contributed by atoms with Gasteiger partial charge in [-0.15, -0.1) is 0 Å². The molecule has 0 saturated carbocycles. The van der Waals surface area contributed by atoms with Crippen molar-refractivity contribution in [2.75, 3.05) is 20.2 Å². The average Bonchev–Trinajstić information content (AvgIpc) is 2.39. The van der Waals surface area contributed by atoms with Crippen LogP contribution in [0.2, 0.25) is 0 Å². The molecule has 5 heteroatoms. The first-order valence-electron chi connectivity index (χ1n) is 6.04. The Morgan fingerprint density at radius 2 is 2.26 bits per heavy atom. The SMILES string of the molecule is Cc1cc(OCCC(=O)N(C)CCC#N)ccc1F. The molecule has 0 fully saturated rings. The van der Waals surface area contributed by atoms with Gasteiger partial charge in [-0.2, -0.15) is 5.26 Å². The first-order valence-corrected chi connectivity index (χ1v) is 6.04. The Morgan fingerprint density at radius 1 is 1.53 bits per heavy atom. The van der Waals surface area contributed by atoms with Gasteiger partial charge in [0.25, 0.3) is 0 Å². The number of amides is 1. The molecular formula is C14H17FN2O2. The second-order valence-electron chi connectivity index (χ2n) is 4.23. The summed E-state index contributed by atoms with van der Waals surface area (Å²) in [5.74, 6) is 0.195. The van der Waals surface area contributed by atoms with E-state index in [1.807, 2.05) is 6.07 Å². The third-order valence-electron chi connectivity index (χ3n) is 2.70. The van der Waals surface area contributed by atoms with Crippen LogP contribution in [-0.4, -0.2) is 31.0 Å². The van der Waals surface area contributed by atoms with Gasteiger partial charge < -0.3 is 9.64 Å². The third-order valence-corrected chi connectivity index (χ3v) is 2.70. The van der Waals surface area contributed by atoms with Gasteiger partial charge in [-0.3, -0.25) is 4.79 Å². The van der Waals surface area contributed by atoms with Crippen LogP contribution in [0, 0.1) is 24.1 Å². The van der Waals surface area contributed by atoms with E-state index in [1.165, 1.54) is 17.0 Å². The minimum Gasteiger partial charge on any atom is -0.493 e. The van der Waals surface area contributed by atoms with Crippen molar-refractivity contribution in [1.29, 1.82) is 5.26 Å². The Kier molecular flexibility index (Phi) is 5.80. The van der Waals surface area contributed by atoms with Gasteiger partial charge in [0.15, 0.2) is 0 Å². The Labute approximate surface area is 112 Å². The Balaban J connectivity index is 2.35. The van der Waals surface area contributed by atoms with Crippen molar-refractivity contribution in [2.24, 2.45) is 0 Å². The molecule has 0 unspecified atom stereocenters. The number of halogens is 1. The molecule has 0 bridgehead atoms. The summed E-state index contributed by atoms with van der Waals surface area (Å²) in [4.78, 5) is 13.1. The van der Waals surface area contributed by atoms with Gasteiger partial charge in [0.2, 0.25) is 5.91 Å². The minimum absolute atomic E-state index is 0.0749. The summed E-state index contributed by atoms with van der Waals surface area (Å²) in [5, 5.41) is 8.43. The lowest BCUT2D eigenvalue weighted by molar-refractivity contribution is -0.130. The predicted molar refractivity (Wildman–Crippen MR) is 69.1 cm³/mol. The van der Waals surface area contributed by atoms with Crippen LogP contribution in [0.4, 0.5) is 4.39 Å². The van der Waals surface area contributed by atoms with E-state index in [0.29, 0.717) is 24.3 Å². The first kappa shape index (κ1) is 15.0. The molecule has 0 aliphatic heterocycles. The molecule has 0 N–H and O–H groups in total. The fraction of sp³-hybridized carbons (Fsp3) is 0.429. The van der Waals surface area contributed by atoms with E-state index < -0.39 is 0 Å². The Morgan fingerprint density at radius 3 is 2.89 bits per heavy atom. The van der Waals surface area contributed by atoms with Crippen LogP contribution in [0.15, 0.2) is 18.2 Å². The fourth-order valence-electron chi connectivity index (χ4n) is 1.50. The monoisotopic (exact) mass is 264 g/mol. The Hall–Kier alpha value is -2.09. The van der Waals surface area contributed by atoms with Crippen LogP contribution < -0.4 is 4.74 Å². The van der Waals surface area contributed by atoms with Crippen molar-refractivity contribution in [2.45, 2.75) is 19.8 Å². The number of aryl methyl sites for hydroxylation is 1. The van der Waals surface area contributed by atoms with E-state index in [9.17, 15) is 9.18 Å². The molecule has 1 amide bonds. The van der Waals surface area contributed by atoms with E-state index in [-0.39, 0.29) is 24.8 Å². The highest BCUT2D eigenvalue weighted by molar-refractivity contribution is 5.75. The fourth-order valence-corrected chi connectivity index (χ4v) is 1.50. The molecule has 0 saturated heterocycles. The number of hydrogen-bond donors (Lipinski definition) is 0. The number of carbonyl (C=O) groups is 1. The molecule has 1 aromatic rings. The van der Waals surface area contributed by atoms with Crippen LogP contribution in [0.3, 0.4) is 0 Å².